The van der Waals surface area contributed by atoms with E-state index in [0.29, 0.717) is 0 Å². The van der Waals surface area contributed by atoms with Gasteiger partial charge in [-0.15, -0.1) is 0 Å². The molecule has 0 saturated carbocycles. The smallest absolute Gasteiger partial charge is 0.0452 e. The van der Waals surface area contributed by atoms with Gasteiger partial charge < -0.3 is 0 Å². The molecule has 0 nitrogen and oxygen atoms in total. The Balaban J connectivity index is 1.82. The number of aryl methyl sites for hydroxylation is 1. The van der Waals surface area contributed by atoms with Gasteiger partial charge in [-0.05, 0) is 37.8 Å². The second-order valence-electron chi connectivity index (χ2n) is 10.6. The summed E-state index contributed by atoms with van der Waals surface area (Å²) in [5.74, 6) is 0. The van der Waals surface area contributed by atoms with Gasteiger partial charge in [-0.25, -0.2) is 0 Å². The molecular weight excluding hydrogens is 452 g/mol. The molecule has 1 rings (SSSR count). The fraction of sp³-hybridized carbons (Fsp3) is 0.806. The van der Waals surface area contributed by atoms with Crippen LogP contribution in [0.15, 0.2) is 24.3 Å². The maximum atomic E-state index is 3.84. The van der Waals surface area contributed by atoms with Crippen LogP contribution < -0.4 is 0 Å². The molecule has 0 spiro atoms. The highest BCUT2D eigenvalue weighted by Gasteiger charge is 2.18. The van der Waals surface area contributed by atoms with Gasteiger partial charge in [-0.2, -0.15) is 0 Å². The molecular formula is C31H55Br. The summed E-state index contributed by atoms with van der Waals surface area (Å²) in [6.07, 6.45) is 30.2. The Morgan fingerprint density at radius 3 is 1.25 bits per heavy atom. The van der Waals surface area contributed by atoms with E-state index in [2.05, 4.69) is 61.0 Å². The highest BCUT2D eigenvalue weighted by Crippen LogP contribution is 2.33. The number of hydrogen-bond acceptors (Lipinski definition) is 0. The van der Waals surface area contributed by atoms with Crippen molar-refractivity contribution in [3.63, 3.8) is 0 Å². The van der Waals surface area contributed by atoms with Crippen molar-refractivity contribution in [1.29, 1.82) is 0 Å². The third-order valence-corrected chi connectivity index (χ3v) is 7.38. The zero-order valence-corrected chi connectivity index (χ0v) is 23.6. The summed E-state index contributed by atoms with van der Waals surface area (Å²) in [4.78, 5) is 0. The van der Waals surface area contributed by atoms with Crippen molar-refractivity contribution in [2.24, 2.45) is 0 Å². The second kappa shape index (κ2) is 20.1. The van der Waals surface area contributed by atoms with Crippen LogP contribution >= 0.6 is 15.9 Å². The third kappa shape index (κ3) is 16.3. The molecule has 0 aliphatic heterocycles. The number of rotatable bonds is 22. The lowest BCUT2D eigenvalue weighted by Crippen LogP contribution is -2.10. The number of alkyl halides is 1. The molecule has 1 aromatic rings. The van der Waals surface area contributed by atoms with Crippen molar-refractivity contribution >= 4 is 15.9 Å². The van der Waals surface area contributed by atoms with Gasteiger partial charge >= 0.3 is 0 Å². The molecule has 0 radical (unpaired) electrons. The topological polar surface area (TPSA) is 0 Å². The SMILES string of the molecule is CCCCCCCCCCCCCCCCCCCCCCc1ccccc1C(C)(C)Br. The lowest BCUT2D eigenvalue weighted by Gasteiger charge is -2.21. The average molecular weight is 508 g/mol. The molecule has 0 atom stereocenters. The van der Waals surface area contributed by atoms with E-state index in [1.165, 1.54) is 146 Å². The highest BCUT2D eigenvalue weighted by atomic mass is 79.9. The summed E-state index contributed by atoms with van der Waals surface area (Å²) in [5.41, 5.74) is 2.98. The molecule has 0 unspecified atom stereocenters. The molecule has 0 heterocycles. The summed E-state index contributed by atoms with van der Waals surface area (Å²) < 4.78 is 0.0805. The first kappa shape index (κ1) is 29.7. The summed E-state index contributed by atoms with van der Waals surface area (Å²) in [6, 6.07) is 8.95. The van der Waals surface area contributed by atoms with Crippen molar-refractivity contribution < 1.29 is 0 Å². The Morgan fingerprint density at radius 1 is 0.531 bits per heavy atom. The molecule has 0 aliphatic carbocycles. The van der Waals surface area contributed by atoms with E-state index in [9.17, 15) is 0 Å². The third-order valence-electron chi connectivity index (χ3n) is 6.96. The molecule has 0 amide bonds. The maximum absolute atomic E-state index is 3.84. The molecule has 0 N–H and O–H groups in total. The van der Waals surface area contributed by atoms with E-state index in [4.69, 9.17) is 0 Å². The van der Waals surface area contributed by atoms with Crippen LogP contribution in [-0.2, 0) is 10.7 Å². The molecule has 1 heteroatoms. The van der Waals surface area contributed by atoms with Crippen LogP contribution in [0.3, 0.4) is 0 Å². The predicted octanol–water partition coefficient (Wildman–Crippen LogP) is 11.7. The van der Waals surface area contributed by atoms with E-state index in [1.54, 1.807) is 0 Å². The second-order valence-corrected chi connectivity index (χ2v) is 12.6. The maximum Gasteiger partial charge on any atom is 0.0452 e. The van der Waals surface area contributed by atoms with Crippen LogP contribution in [0.2, 0.25) is 0 Å². The minimum Gasteiger partial charge on any atom is -0.0807 e. The van der Waals surface area contributed by atoms with Crippen LogP contribution in [0, 0.1) is 0 Å². The molecule has 32 heavy (non-hydrogen) atoms. The van der Waals surface area contributed by atoms with Crippen molar-refractivity contribution in [3.8, 4) is 0 Å². The van der Waals surface area contributed by atoms with E-state index in [0.717, 1.165) is 0 Å². The fourth-order valence-electron chi connectivity index (χ4n) is 4.89. The molecule has 1 aromatic carbocycles. The Kier molecular flexibility index (Phi) is 18.7. The van der Waals surface area contributed by atoms with Gasteiger partial charge in [0, 0.05) is 4.32 Å². The van der Waals surface area contributed by atoms with E-state index >= 15 is 0 Å². The number of hydrogen-bond donors (Lipinski definition) is 0. The Hall–Kier alpha value is -0.300. The Morgan fingerprint density at radius 2 is 0.875 bits per heavy atom. The lowest BCUT2D eigenvalue weighted by molar-refractivity contribution is 0.521. The molecule has 0 saturated heterocycles. The average Bonchev–Trinajstić information content (AvgIpc) is 2.77. The number of benzene rings is 1. The standard InChI is InChI=1S/C31H55Br/c1-4-5-6-7-8-9-10-11-12-13-14-15-16-17-18-19-20-21-22-23-26-29-27-24-25-28-30(29)31(2,3)32/h24-25,27-28H,4-23,26H2,1-3H3. The van der Waals surface area contributed by atoms with Crippen molar-refractivity contribution in [2.45, 2.75) is 160 Å². The van der Waals surface area contributed by atoms with Gasteiger partial charge in [0.1, 0.15) is 0 Å². The van der Waals surface area contributed by atoms with Gasteiger partial charge in [-0.1, -0.05) is 169 Å². The van der Waals surface area contributed by atoms with E-state index in [-0.39, 0.29) is 4.32 Å². The molecule has 0 bridgehead atoms. The van der Waals surface area contributed by atoms with E-state index < -0.39 is 0 Å². The van der Waals surface area contributed by atoms with Crippen LogP contribution in [0.1, 0.15) is 160 Å². The Labute approximate surface area is 210 Å². The van der Waals surface area contributed by atoms with Crippen LogP contribution in [-0.4, -0.2) is 0 Å². The molecule has 0 fully saturated rings. The van der Waals surface area contributed by atoms with E-state index in [1.807, 2.05) is 0 Å². The van der Waals surface area contributed by atoms with Gasteiger partial charge in [0.25, 0.3) is 0 Å². The molecule has 0 aromatic heterocycles. The zero-order valence-electron chi connectivity index (χ0n) is 22.0. The Bertz CT molecular complexity index is 528. The zero-order chi connectivity index (χ0) is 23.3. The lowest BCUT2D eigenvalue weighted by atomic mass is 9.93. The summed E-state index contributed by atoms with van der Waals surface area (Å²) >= 11 is 3.84. The van der Waals surface area contributed by atoms with Crippen LogP contribution in [0.5, 0.6) is 0 Å². The molecule has 186 valence electrons. The fourth-order valence-corrected chi connectivity index (χ4v) is 5.28. The number of unbranched alkanes of at least 4 members (excludes halogenated alkanes) is 19. The summed E-state index contributed by atoms with van der Waals surface area (Å²) in [6.45, 7) is 6.81. The normalized spacial score (nSPS) is 11.9. The van der Waals surface area contributed by atoms with Gasteiger partial charge in [-0.3, -0.25) is 0 Å². The largest absolute Gasteiger partial charge is 0.0807 e. The number of halogens is 1. The molecule has 0 aliphatic rings. The van der Waals surface area contributed by atoms with Gasteiger partial charge in [0.2, 0.25) is 0 Å². The van der Waals surface area contributed by atoms with Crippen molar-refractivity contribution in [2.75, 3.05) is 0 Å². The van der Waals surface area contributed by atoms with Gasteiger partial charge in [0.05, 0.1) is 0 Å². The van der Waals surface area contributed by atoms with Crippen molar-refractivity contribution in [1.82, 2.24) is 0 Å². The quantitative estimate of drug-likeness (QED) is 0.108. The predicted molar refractivity (Wildman–Crippen MR) is 150 cm³/mol. The summed E-state index contributed by atoms with van der Waals surface area (Å²) in [5, 5.41) is 0. The monoisotopic (exact) mass is 506 g/mol. The summed E-state index contributed by atoms with van der Waals surface area (Å²) in [7, 11) is 0. The van der Waals surface area contributed by atoms with Crippen LogP contribution in [0.4, 0.5) is 0 Å². The highest BCUT2D eigenvalue weighted by molar-refractivity contribution is 9.09. The first-order valence-electron chi connectivity index (χ1n) is 14.3. The van der Waals surface area contributed by atoms with Crippen molar-refractivity contribution in [3.05, 3.63) is 35.4 Å². The van der Waals surface area contributed by atoms with Crippen LogP contribution in [0.25, 0.3) is 0 Å². The van der Waals surface area contributed by atoms with Gasteiger partial charge in [0.15, 0.2) is 0 Å². The first-order valence-corrected chi connectivity index (χ1v) is 15.1. The first-order chi connectivity index (χ1) is 15.6. The minimum atomic E-state index is 0.0805. The minimum absolute atomic E-state index is 0.0805.